The van der Waals surface area contributed by atoms with Gasteiger partial charge in [0, 0.05) is 11.5 Å². The highest BCUT2D eigenvalue weighted by molar-refractivity contribution is 5.96. The van der Waals surface area contributed by atoms with Gasteiger partial charge in [-0.05, 0) is 43.0 Å². The first-order valence-corrected chi connectivity index (χ1v) is 7.14. The maximum Gasteiger partial charge on any atom is 0.271 e. The second-order valence-electron chi connectivity index (χ2n) is 5.57. The first-order chi connectivity index (χ1) is 10.1. The Bertz CT molecular complexity index is 688. The number of nitrogens with zero attached hydrogens (tertiary/aromatic N) is 1. The highest BCUT2D eigenvalue weighted by atomic mass is 16.3. The summed E-state index contributed by atoms with van der Waals surface area (Å²) in [4.78, 5) is 12.0. The number of furan rings is 1. The van der Waals surface area contributed by atoms with Crippen molar-refractivity contribution in [2.24, 2.45) is 11.0 Å². The minimum Gasteiger partial charge on any atom is -0.460 e. The fourth-order valence-electron chi connectivity index (χ4n) is 2.40. The molecule has 1 saturated carbocycles. The van der Waals surface area contributed by atoms with Crippen molar-refractivity contribution in [2.75, 3.05) is 0 Å². The average molecular weight is 282 g/mol. The van der Waals surface area contributed by atoms with Crippen molar-refractivity contribution in [1.82, 2.24) is 5.43 Å². The molecule has 1 aliphatic rings. The Labute approximate surface area is 123 Å². The number of benzene rings is 1. The number of rotatable bonds is 4. The zero-order valence-corrected chi connectivity index (χ0v) is 12.2. The lowest BCUT2D eigenvalue weighted by atomic mass is 10.1. The lowest BCUT2D eigenvalue weighted by Crippen LogP contribution is -2.18. The van der Waals surface area contributed by atoms with E-state index >= 15 is 0 Å². The Kier molecular flexibility index (Phi) is 3.60. The molecule has 1 aliphatic carbocycles. The van der Waals surface area contributed by atoms with Crippen molar-refractivity contribution in [1.29, 1.82) is 0 Å². The van der Waals surface area contributed by atoms with Crippen molar-refractivity contribution in [3.63, 3.8) is 0 Å². The first-order valence-electron chi connectivity index (χ1n) is 7.14. The Morgan fingerprint density at radius 3 is 2.81 bits per heavy atom. The van der Waals surface area contributed by atoms with E-state index in [1.165, 1.54) is 12.6 Å². The fraction of sp³-hybridized carbons (Fsp3) is 0.294. The Balaban J connectivity index is 1.61. The molecule has 0 bridgehead atoms. The van der Waals surface area contributed by atoms with Crippen LogP contribution in [0.1, 0.15) is 46.7 Å². The third-order valence-corrected chi connectivity index (χ3v) is 3.87. The van der Waals surface area contributed by atoms with Gasteiger partial charge in [0.25, 0.3) is 5.91 Å². The Morgan fingerprint density at radius 1 is 1.33 bits per heavy atom. The van der Waals surface area contributed by atoms with Gasteiger partial charge in [0.15, 0.2) is 0 Å². The molecule has 4 heteroatoms. The standard InChI is InChI=1S/C17H18N2O2/c1-11-5-3-4-6-14(11)17(20)19-18-10-13-7-8-16(21-13)15-9-12(15)2/h3-8,10,12,15H,9H2,1-2H3,(H,19,20)/b18-10-/t12-,15-/m0/s1. The van der Waals surface area contributed by atoms with Crippen LogP contribution in [0.25, 0.3) is 0 Å². The number of nitrogens with one attached hydrogen (secondary N) is 1. The molecule has 2 atom stereocenters. The molecule has 0 saturated heterocycles. The molecule has 2 aromatic rings. The van der Waals surface area contributed by atoms with Crippen LogP contribution in [-0.2, 0) is 0 Å². The minimum absolute atomic E-state index is 0.216. The molecule has 108 valence electrons. The second kappa shape index (κ2) is 5.56. The fourth-order valence-corrected chi connectivity index (χ4v) is 2.40. The molecule has 1 fully saturated rings. The second-order valence-corrected chi connectivity index (χ2v) is 5.57. The predicted molar refractivity (Wildman–Crippen MR) is 81.5 cm³/mol. The Morgan fingerprint density at radius 2 is 2.10 bits per heavy atom. The van der Waals surface area contributed by atoms with E-state index in [1.807, 2.05) is 37.3 Å². The number of hydrazone groups is 1. The molecule has 1 heterocycles. The molecule has 1 N–H and O–H groups in total. The van der Waals surface area contributed by atoms with Gasteiger partial charge in [-0.1, -0.05) is 25.1 Å². The van der Waals surface area contributed by atoms with Crippen LogP contribution in [0.4, 0.5) is 0 Å². The molecule has 0 radical (unpaired) electrons. The molecule has 0 spiro atoms. The zero-order chi connectivity index (χ0) is 14.8. The topological polar surface area (TPSA) is 54.6 Å². The summed E-state index contributed by atoms with van der Waals surface area (Å²) >= 11 is 0. The smallest absolute Gasteiger partial charge is 0.271 e. The summed E-state index contributed by atoms with van der Waals surface area (Å²) in [6.07, 6.45) is 2.72. The summed E-state index contributed by atoms with van der Waals surface area (Å²) < 4.78 is 5.69. The Hall–Kier alpha value is -2.36. The summed E-state index contributed by atoms with van der Waals surface area (Å²) in [6, 6.07) is 11.3. The van der Waals surface area contributed by atoms with Gasteiger partial charge in [0.2, 0.25) is 0 Å². The molecular formula is C17H18N2O2. The van der Waals surface area contributed by atoms with Gasteiger partial charge < -0.3 is 4.42 Å². The number of amides is 1. The summed E-state index contributed by atoms with van der Waals surface area (Å²) in [6.45, 7) is 4.11. The average Bonchev–Trinajstić information content (AvgIpc) is 3.01. The van der Waals surface area contributed by atoms with Gasteiger partial charge in [0.1, 0.15) is 11.5 Å². The number of carbonyl (C=O) groups excluding carboxylic acids is 1. The zero-order valence-electron chi connectivity index (χ0n) is 12.2. The number of carbonyl (C=O) groups is 1. The quantitative estimate of drug-likeness (QED) is 0.689. The van der Waals surface area contributed by atoms with E-state index in [9.17, 15) is 4.79 Å². The van der Waals surface area contributed by atoms with E-state index in [0.717, 1.165) is 11.3 Å². The summed E-state index contributed by atoms with van der Waals surface area (Å²) in [7, 11) is 0. The molecule has 0 unspecified atom stereocenters. The predicted octanol–water partition coefficient (Wildman–Crippen LogP) is 3.48. The molecule has 4 nitrogen and oxygen atoms in total. The molecule has 1 amide bonds. The number of hydrogen-bond donors (Lipinski definition) is 1. The van der Waals surface area contributed by atoms with Crippen molar-refractivity contribution < 1.29 is 9.21 Å². The maximum atomic E-state index is 12.0. The molecule has 3 rings (SSSR count). The van der Waals surface area contributed by atoms with E-state index < -0.39 is 0 Å². The monoisotopic (exact) mass is 282 g/mol. The molecular weight excluding hydrogens is 264 g/mol. The molecule has 21 heavy (non-hydrogen) atoms. The highest BCUT2D eigenvalue weighted by Gasteiger charge is 2.36. The van der Waals surface area contributed by atoms with Crippen LogP contribution >= 0.6 is 0 Å². The number of aryl methyl sites for hydroxylation is 1. The third kappa shape index (κ3) is 3.05. The van der Waals surface area contributed by atoms with Gasteiger partial charge in [0.05, 0.1) is 6.21 Å². The van der Waals surface area contributed by atoms with Crippen molar-refractivity contribution in [3.8, 4) is 0 Å². The SMILES string of the molecule is Cc1ccccc1C(=O)N/N=C\c1ccc([C@H]2C[C@@H]2C)o1. The third-order valence-electron chi connectivity index (χ3n) is 3.87. The lowest BCUT2D eigenvalue weighted by Gasteiger charge is -2.02. The number of hydrogen-bond acceptors (Lipinski definition) is 3. The molecule has 0 aliphatic heterocycles. The highest BCUT2D eigenvalue weighted by Crippen LogP contribution is 2.47. The van der Waals surface area contributed by atoms with Gasteiger partial charge in [-0.15, -0.1) is 0 Å². The van der Waals surface area contributed by atoms with Crippen LogP contribution in [0, 0.1) is 12.8 Å². The summed E-state index contributed by atoms with van der Waals surface area (Å²) in [5.41, 5.74) is 4.07. The van der Waals surface area contributed by atoms with E-state index in [1.54, 1.807) is 6.07 Å². The van der Waals surface area contributed by atoms with Crippen molar-refractivity contribution in [3.05, 3.63) is 59.0 Å². The van der Waals surface area contributed by atoms with Gasteiger partial charge >= 0.3 is 0 Å². The minimum atomic E-state index is -0.216. The van der Waals surface area contributed by atoms with Crippen LogP contribution in [0.3, 0.4) is 0 Å². The van der Waals surface area contributed by atoms with E-state index in [4.69, 9.17) is 4.42 Å². The van der Waals surface area contributed by atoms with E-state index in [0.29, 0.717) is 23.2 Å². The van der Waals surface area contributed by atoms with Crippen molar-refractivity contribution in [2.45, 2.75) is 26.2 Å². The van der Waals surface area contributed by atoms with Gasteiger partial charge in [-0.3, -0.25) is 4.79 Å². The molecule has 1 aromatic heterocycles. The van der Waals surface area contributed by atoms with Crippen molar-refractivity contribution >= 4 is 12.1 Å². The normalized spacial score (nSPS) is 20.7. The van der Waals surface area contributed by atoms with Crippen LogP contribution < -0.4 is 5.43 Å². The van der Waals surface area contributed by atoms with Crippen LogP contribution in [0.15, 0.2) is 45.9 Å². The summed E-state index contributed by atoms with van der Waals surface area (Å²) in [5, 5.41) is 3.95. The summed E-state index contributed by atoms with van der Waals surface area (Å²) in [5.74, 6) is 2.71. The maximum absolute atomic E-state index is 12.0. The van der Waals surface area contributed by atoms with E-state index in [2.05, 4.69) is 17.5 Å². The van der Waals surface area contributed by atoms with Crippen LogP contribution in [-0.4, -0.2) is 12.1 Å². The van der Waals surface area contributed by atoms with Gasteiger partial charge in [-0.25, -0.2) is 5.43 Å². The first kappa shape index (κ1) is 13.6. The van der Waals surface area contributed by atoms with E-state index in [-0.39, 0.29) is 5.91 Å². The lowest BCUT2D eigenvalue weighted by molar-refractivity contribution is 0.0954. The van der Waals surface area contributed by atoms with Crippen LogP contribution in [0.2, 0.25) is 0 Å². The largest absolute Gasteiger partial charge is 0.460 e. The molecule has 1 aromatic carbocycles. The van der Waals surface area contributed by atoms with Crippen LogP contribution in [0.5, 0.6) is 0 Å². The van der Waals surface area contributed by atoms with Gasteiger partial charge in [-0.2, -0.15) is 5.10 Å².